The summed E-state index contributed by atoms with van der Waals surface area (Å²) in [6, 6.07) is 8.33. The number of aromatic nitrogens is 2. The van der Waals surface area contributed by atoms with Gasteiger partial charge in [0.1, 0.15) is 29.2 Å². The van der Waals surface area contributed by atoms with Crippen LogP contribution in [0, 0.1) is 23.0 Å². The Kier molecular flexibility index (Phi) is 6.77. The molecule has 7 nitrogen and oxygen atoms in total. The average Bonchev–Trinajstić information content (AvgIpc) is 3.39. The van der Waals surface area contributed by atoms with Crippen molar-refractivity contribution in [3.8, 4) is 5.75 Å². The summed E-state index contributed by atoms with van der Waals surface area (Å²) in [5.74, 6) is 0.330. The topological polar surface area (TPSA) is 94.3 Å². The van der Waals surface area contributed by atoms with Gasteiger partial charge in [-0.15, -0.1) is 0 Å². The van der Waals surface area contributed by atoms with Gasteiger partial charge >= 0.3 is 0 Å². The molecular formula is C27H32F2N6O. The first-order valence-electron chi connectivity index (χ1n) is 12.3. The molecule has 0 spiro atoms. The van der Waals surface area contributed by atoms with Gasteiger partial charge in [0, 0.05) is 37.0 Å². The highest BCUT2D eigenvalue weighted by Crippen LogP contribution is 2.29. The molecular weight excluding hydrogens is 462 g/mol. The molecule has 9 heteroatoms. The van der Waals surface area contributed by atoms with E-state index >= 15 is 0 Å². The molecule has 4 N–H and O–H groups in total. The van der Waals surface area contributed by atoms with Crippen LogP contribution >= 0.6 is 0 Å². The van der Waals surface area contributed by atoms with Crippen LogP contribution in [0.15, 0.2) is 36.4 Å². The summed E-state index contributed by atoms with van der Waals surface area (Å²) in [6.45, 7) is 6.69. The Morgan fingerprint density at radius 3 is 2.58 bits per heavy atom. The highest BCUT2D eigenvalue weighted by molar-refractivity contribution is 6.12. The zero-order valence-corrected chi connectivity index (χ0v) is 20.7. The summed E-state index contributed by atoms with van der Waals surface area (Å²) < 4.78 is 33.1. The van der Waals surface area contributed by atoms with Gasteiger partial charge in [0.05, 0.1) is 11.4 Å². The Labute approximate surface area is 209 Å². The number of nitrogens with zero attached hydrogens (tertiary/aromatic N) is 3. The van der Waals surface area contributed by atoms with Gasteiger partial charge in [-0.3, -0.25) is 10.3 Å². The number of hydrogen-bond acceptors (Lipinski definition) is 6. The molecule has 36 heavy (non-hydrogen) atoms. The van der Waals surface area contributed by atoms with Crippen molar-refractivity contribution in [1.29, 1.82) is 5.41 Å². The Hall–Kier alpha value is -3.30. The number of rotatable bonds is 7. The van der Waals surface area contributed by atoms with E-state index in [4.69, 9.17) is 20.9 Å². The van der Waals surface area contributed by atoms with Crippen LogP contribution in [0.5, 0.6) is 5.75 Å². The molecule has 5 rings (SSSR count). The van der Waals surface area contributed by atoms with Crippen LogP contribution in [-0.2, 0) is 13.1 Å². The van der Waals surface area contributed by atoms with E-state index in [9.17, 15) is 8.78 Å². The number of nitrogen functional groups attached to an aromatic ring is 1. The zero-order valence-electron chi connectivity index (χ0n) is 20.7. The maximum absolute atomic E-state index is 13.6. The summed E-state index contributed by atoms with van der Waals surface area (Å²) in [7, 11) is 2.18. The second-order valence-corrected chi connectivity index (χ2v) is 10.0. The second-order valence-electron chi connectivity index (χ2n) is 10.0. The van der Waals surface area contributed by atoms with Crippen LogP contribution in [0.3, 0.4) is 0 Å². The van der Waals surface area contributed by atoms with Crippen LogP contribution < -0.4 is 10.5 Å². The van der Waals surface area contributed by atoms with Gasteiger partial charge in [0.2, 0.25) is 0 Å². The molecule has 0 aliphatic carbocycles. The van der Waals surface area contributed by atoms with Crippen LogP contribution in [0.1, 0.15) is 54.2 Å². The molecule has 1 fully saturated rings. The quantitative estimate of drug-likeness (QED) is 0.333. The number of hydrogen-bond donors (Lipinski definition) is 3. The molecule has 0 bridgehead atoms. The maximum Gasteiger partial charge on any atom is 0.156 e. The van der Waals surface area contributed by atoms with E-state index in [1.54, 1.807) is 25.1 Å². The summed E-state index contributed by atoms with van der Waals surface area (Å²) in [5, 5.41) is 8.75. The molecule has 1 unspecified atom stereocenters. The van der Waals surface area contributed by atoms with E-state index in [-0.39, 0.29) is 5.71 Å². The van der Waals surface area contributed by atoms with Crippen molar-refractivity contribution in [1.82, 2.24) is 19.8 Å². The Morgan fingerprint density at radius 1 is 1.17 bits per heavy atom. The Bertz CT molecular complexity index is 1220. The third-order valence-corrected chi connectivity index (χ3v) is 7.17. The predicted octanol–water partition coefficient (Wildman–Crippen LogP) is 4.48. The third-order valence-electron chi connectivity index (χ3n) is 7.17. The van der Waals surface area contributed by atoms with Crippen molar-refractivity contribution < 1.29 is 13.5 Å². The molecule has 1 saturated heterocycles. The number of anilines is 1. The number of halogens is 2. The lowest BCUT2D eigenvalue weighted by Crippen LogP contribution is -2.35. The van der Waals surface area contributed by atoms with E-state index in [0.717, 1.165) is 56.1 Å². The van der Waals surface area contributed by atoms with Crippen molar-refractivity contribution in [3.63, 3.8) is 0 Å². The molecule has 190 valence electrons. The molecule has 2 aliphatic rings. The SMILES string of the molecule is CC(Oc1ccc(N)c(C(=N)c2nc3c([nH]2)CN(CC2CCN(C)CC2)C3)c1)c1cc(F)cc(F)c1. The average molecular weight is 495 g/mol. The number of nitrogens with two attached hydrogens (primary N) is 1. The highest BCUT2D eigenvalue weighted by Gasteiger charge is 2.28. The van der Waals surface area contributed by atoms with Gasteiger partial charge < -0.3 is 20.4 Å². The van der Waals surface area contributed by atoms with Crippen molar-refractivity contribution in [3.05, 3.63) is 76.4 Å². The number of nitrogens with one attached hydrogen (secondary N) is 2. The summed E-state index contributed by atoms with van der Waals surface area (Å²) in [6.07, 6.45) is 1.87. The van der Waals surface area contributed by atoms with Gasteiger partial charge in [0.25, 0.3) is 0 Å². The van der Waals surface area contributed by atoms with Crippen molar-refractivity contribution in [2.24, 2.45) is 5.92 Å². The van der Waals surface area contributed by atoms with E-state index in [1.165, 1.54) is 25.0 Å². The van der Waals surface area contributed by atoms with Gasteiger partial charge in [-0.05, 0) is 81.7 Å². The first-order valence-corrected chi connectivity index (χ1v) is 12.3. The Morgan fingerprint density at radius 2 is 1.89 bits per heavy atom. The number of benzene rings is 2. The summed E-state index contributed by atoms with van der Waals surface area (Å²) >= 11 is 0. The van der Waals surface area contributed by atoms with Crippen molar-refractivity contribution >= 4 is 11.4 Å². The van der Waals surface area contributed by atoms with Crippen LogP contribution in [0.2, 0.25) is 0 Å². The van der Waals surface area contributed by atoms with Crippen LogP contribution in [0.25, 0.3) is 0 Å². The van der Waals surface area contributed by atoms with Gasteiger partial charge in [-0.25, -0.2) is 13.8 Å². The minimum atomic E-state index is -0.656. The van der Waals surface area contributed by atoms with E-state index in [0.29, 0.717) is 28.4 Å². The largest absolute Gasteiger partial charge is 0.486 e. The summed E-state index contributed by atoms with van der Waals surface area (Å²) in [4.78, 5) is 12.9. The van der Waals surface area contributed by atoms with Gasteiger partial charge in [-0.1, -0.05) is 0 Å². The van der Waals surface area contributed by atoms with Crippen molar-refractivity contribution in [2.75, 3.05) is 32.4 Å². The minimum Gasteiger partial charge on any atom is -0.486 e. The molecule has 0 amide bonds. The highest BCUT2D eigenvalue weighted by atomic mass is 19.1. The molecule has 0 radical (unpaired) electrons. The maximum atomic E-state index is 13.6. The first kappa shape index (κ1) is 24.4. The molecule has 1 atom stereocenters. The lowest BCUT2D eigenvalue weighted by Gasteiger charge is -2.31. The van der Waals surface area contributed by atoms with Gasteiger partial charge in [-0.2, -0.15) is 0 Å². The fourth-order valence-corrected chi connectivity index (χ4v) is 5.09. The lowest BCUT2D eigenvalue weighted by molar-refractivity contribution is 0.159. The van der Waals surface area contributed by atoms with Crippen molar-refractivity contribution in [2.45, 2.75) is 39.0 Å². The van der Waals surface area contributed by atoms with Crippen LogP contribution in [0.4, 0.5) is 14.5 Å². The number of likely N-dealkylation sites (tertiary alicyclic amines) is 1. The smallest absolute Gasteiger partial charge is 0.156 e. The fraction of sp³-hybridized carbons (Fsp3) is 0.407. The number of piperidine rings is 1. The Balaban J connectivity index is 1.26. The number of ether oxygens (including phenoxy) is 1. The first-order chi connectivity index (χ1) is 17.2. The lowest BCUT2D eigenvalue weighted by atomic mass is 9.97. The summed E-state index contributed by atoms with van der Waals surface area (Å²) in [5.41, 5.74) is 9.70. The predicted molar refractivity (Wildman–Crippen MR) is 135 cm³/mol. The zero-order chi connectivity index (χ0) is 25.4. The number of imidazole rings is 1. The second kappa shape index (κ2) is 9.99. The molecule has 3 aromatic rings. The fourth-order valence-electron chi connectivity index (χ4n) is 5.09. The number of aromatic amines is 1. The standard InChI is InChI=1S/C27H32F2N6O/c1-16(18-9-19(28)11-20(29)10-18)36-21-3-4-23(30)22(12-21)26(31)27-32-24-14-35(15-25(24)33-27)13-17-5-7-34(2)8-6-17/h3-4,9-12,16-17,31H,5-8,13-15,30H2,1-2H3,(H,32,33). The number of fused-ring (bicyclic) bond motifs is 1. The van der Waals surface area contributed by atoms with Gasteiger partial charge in [0.15, 0.2) is 5.82 Å². The normalized spacial score (nSPS) is 17.8. The van der Waals surface area contributed by atoms with E-state index < -0.39 is 17.7 Å². The molecule has 0 saturated carbocycles. The van der Waals surface area contributed by atoms with E-state index in [1.807, 2.05) is 0 Å². The minimum absolute atomic E-state index is 0.179. The molecule has 3 heterocycles. The van der Waals surface area contributed by atoms with Crippen LogP contribution in [-0.4, -0.2) is 52.2 Å². The molecule has 1 aromatic heterocycles. The molecule has 2 aliphatic heterocycles. The van der Waals surface area contributed by atoms with E-state index in [2.05, 4.69) is 21.8 Å². The molecule has 2 aromatic carbocycles. The third kappa shape index (κ3) is 5.27. The monoisotopic (exact) mass is 494 g/mol. The number of H-pyrrole nitrogens is 1.